The van der Waals surface area contributed by atoms with Crippen LogP contribution < -0.4 is 10.1 Å². The van der Waals surface area contributed by atoms with Crippen molar-refractivity contribution < 1.29 is 9.53 Å². The van der Waals surface area contributed by atoms with Crippen molar-refractivity contribution in [2.45, 2.75) is 33.8 Å². The predicted octanol–water partition coefficient (Wildman–Crippen LogP) is 4.09. The Bertz CT molecular complexity index is 665. The maximum atomic E-state index is 12.4. The number of nitrogens with zero attached hydrogens (tertiary/aromatic N) is 2. The van der Waals surface area contributed by atoms with E-state index in [4.69, 9.17) is 4.74 Å². The molecule has 1 aromatic heterocycles. The summed E-state index contributed by atoms with van der Waals surface area (Å²) < 4.78 is 5.63. The molecule has 2 aromatic rings. The number of carbonyl (C=O) groups is 1. The van der Waals surface area contributed by atoms with E-state index in [9.17, 15) is 4.79 Å². The molecule has 128 valence electrons. The van der Waals surface area contributed by atoms with Gasteiger partial charge >= 0.3 is 0 Å². The molecule has 5 heteroatoms. The Labute approximate surface area is 143 Å². The number of rotatable bonds is 7. The first kappa shape index (κ1) is 17.8. The lowest BCUT2D eigenvalue weighted by Gasteiger charge is -2.18. The van der Waals surface area contributed by atoms with Gasteiger partial charge < -0.3 is 15.0 Å². The van der Waals surface area contributed by atoms with Gasteiger partial charge in [0.2, 0.25) is 0 Å². The number of carbonyl (C=O) groups excluding carboxylic acids is 1. The molecule has 0 aliphatic carbocycles. The summed E-state index contributed by atoms with van der Waals surface area (Å²) in [6.07, 6.45) is 3.46. The van der Waals surface area contributed by atoms with Crippen molar-refractivity contribution in [2.24, 2.45) is 0 Å². The molecular weight excluding hydrogens is 302 g/mol. The summed E-state index contributed by atoms with van der Waals surface area (Å²) in [7, 11) is 0. The molecule has 2 rings (SSSR count). The highest BCUT2D eigenvalue weighted by molar-refractivity contribution is 5.94. The summed E-state index contributed by atoms with van der Waals surface area (Å²) in [5.41, 5.74) is 2.29. The van der Waals surface area contributed by atoms with Crippen LogP contribution in [-0.2, 0) is 0 Å². The van der Waals surface area contributed by atoms with Gasteiger partial charge in [-0.25, -0.2) is 0 Å². The standard InChI is InChI=1S/C19H25N3O2/c1-5-22(6-2)19(23)15-11-17(13-20-12-15)21-16-7-9-18(10-8-16)24-14(3)4/h7-14,21H,5-6H2,1-4H3. The molecular formula is C19H25N3O2. The first-order valence-electron chi connectivity index (χ1n) is 8.31. The van der Waals surface area contributed by atoms with E-state index >= 15 is 0 Å². The third-order valence-corrected chi connectivity index (χ3v) is 3.55. The first-order valence-corrected chi connectivity index (χ1v) is 8.31. The van der Waals surface area contributed by atoms with Crippen LogP contribution >= 0.6 is 0 Å². The van der Waals surface area contributed by atoms with Gasteiger partial charge in [-0.1, -0.05) is 0 Å². The fourth-order valence-corrected chi connectivity index (χ4v) is 2.37. The zero-order valence-electron chi connectivity index (χ0n) is 14.7. The molecule has 1 heterocycles. The van der Waals surface area contributed by atoms with Gasteiger partial charge in [-0.05, 0) is 58.0 Å². The molecule has 24 heavy (non-hydrogen) atoms. The smallest absolute Gasteiger partial charge is 0.255 e. The first-order chi connectivity index (χ1) is 11.5. The van der Waals surface area contributed by atoms with Crippen LogP contribution in [0.5, 0.6) is 5.75 Å². The minimum Gasteiger partial charge on any atom is -0.491 e. The van der Waals surface area contributed by atoms with Crippen molar-refractivity contribution >= 4 is 17.3 Å². The summed E-state index contributed by atoms with van der Waals surface area (Å²) in [5, 5.41) is 3.27. The number of hydrogen-bond donors (Lipinski definition) is 1. The van der Waals surface area contributed by atoms with Crippen molar-refractivity contribution in [1.82, 2.24) is 9.88 Å². The molecule has 0 bridgehead atoms. The molecule has 0 aliphatic rings. The van der Waals surface area contributed by atoms with Crippen LogP contribution in [0, 0.1) is 0 Å². The monoisotopic (exact) mass is 327 g/mol. The molecule has 0 spiro atoms. The maximum Gasteiger partial charge on any atom is 0.255 e. The Balaban J connectivity index is 2.10. The molecule has 0 saturated carbocycles. The average molecular weight is 327 g/mol. The van der Waals surface area contributed by atoms with Gasteiger partial charge in [0.1, 0.15) is 5.75 Å². The van der Waals surface area contributed by atoms with E-state index < -0.39 is 0 Å². The van der Waals surface area contributed by atoms with Crippen molar-refractivity contribution in [3.63, 3.8) is 0 Å². The van der Waals surface area contributed by atoms with Gasteiger partial charge in [0, 0.05) is 25.0 Å². The second-order valence-electron chi connectivity index (χ2n) is 5.76. The summed E-state index contributed by atoms with van der Waals surface area (Å²) in [6.45, 7) is 9.30. The molecule has 0 saturated heterocycles. The van der Waals surface area contributed by atoms with Crippen molar-refractivity contribution in [1.29, 1.82) is 0 Å². The fourth-order valence-electron chi connectivity index (χ4n) is 2.37. The van der Waals surface area contributed by atoms with Gasteiger partial charge in [-0.2, -0.15) is 0 Å². The Kier molecular flexibility index (Phi) is 6.18. The maximum absolute atomic E-state index is 12.4. The topological polar surface area (TPSA) is 54.5 Å². The summed E-state index contributed by atoms with van der Waals surface area (Å²) in [4.78, 5) is 18.4. The Morgan fingerprint density at radius 1 is 1.12 bits per heavy atom. The number of aromatic nitrogens is 1. The molecule has 1 N–H and O–H groups in total. The van der Waals surface area contributed by atoms with E-state index in [1.54, 1.807) is 17.3 Å². The lowest BCUT2D eigenvalue weighted by molar-refractivity contribution is 0.0772. The minimum absolute atomic E-state index is 0.00293. The molecule has 0 radical (unpaired) electrons. The van der Waals surface area contributed by atoms with Crippen LogP contribution in [0.3, 0.4) is 0 Å². The number of ether oxygens (including phenoxy) is 1. The highest BCUT2D eigenvalue weighted by Crippen LogP contribution is 2.21. The molecule has 0 aliphatic heterocycles. The second-order valence-corrected chi connectivity index (χ2v) is 5.76. The lowest BCUT2D eigenvalue weighted by atomic mass is 10.2. The zero-order chi connectivity index (χ0) is 17.5. The van der Waals surface area contributed by atoms with E-state index in [0.29, 0.717) is 18.7 Å². The van der Waals surface area contributed by atoms with Gasteiger partial charge in [0.15, 0.2) is 0 Å². The molecule has 1 amide bonds. The fraction of sp³-hybridized carbons (Fsp3) is 0.368. The number of benzene rings is 1. The van der Waals surface area contributed by atoms with E-state index in [-0.39, 0.29) is 12.0 Å². The molecule has 0 fully saturated rings. The lowest BCUT2D eigenvalue weighted by Crippen LogP contribution is -2.30. The van der Waals surface area contributed by atoms with Gasteiger partial charge in [-0.15, -0.1) is 0 Å². The van der Waals surface area contributed by atoms with E-state index in [0.717, 1.165) is 17.1 Å². The van der Waals surface area contributed by atoms with Gasteiger partial charge in [-0.3, -0.25) is 9.78 Å². The molecule has 1 aromatic carbocycles. The van der Waals surface area contributed by atoms with Gasteiger partial charge in [0.25, 0.3) is 5.91 Å². The third kappa shape index (κ3) is 4.72. The van der Waals surface area contributed by atoms with Crippen LogP contribution in [0.4, 0.5) is 11.4 Å². The van der Waals surface area contributed by atoms with Gasteiger partial charge in [0.05, 0.1) is 23.6 Å². The number of amides is 1. The highest BCUT2D eigenvalue weighted by Gasteiger charge is 2.13. The summed E-state index contributed by atoms with van der Waals surface area (Å²) >= 11 is 0. The largest absolute Gasteiger partial charge is 0.491 e. The number of pyridine rings is 1. The summed E-state index contributed by atoms with van der Waals surface area (Å²) in [5.74, 6) is 0.830. The van der Waals surface area contributed by atoms with E-state index in [1.165, 1.54) is 0 Å². The summed E-state index contributed by atoms with van der Waals surface area (Å²) in [6, 6.07) is 9.54. The third-order valence-electron chi connectivity index (χ3n) is 3.55. The number of hydrogen-bond acceptors (Lipinski definition) is 4. The predicted molar refractivity (Wildman–Crippen MR) is 97.0 cm³/mol. The van der Waals surface area contributed by atoms with Crippen molar-refractivity contribution in [3.8, 4) is 5.75 Å². The Hall–Kier alpha value is -2.56. The van der Waals surface area contributed by atoms with Crippen LogP contribution in [0.1, 0.15) is 38.1 Å². The minimum atomic E-state index is -0.00293. The number of nitrogens with one attached hydrogen (secondary N) is 1. The average Bonchev–Trinajstić information content (AvgIpc) is 2.57. The second kappa shape index (κ2) is 8.34. The molecule has 0 unspecified atom stereocenters. The van der Waals surface area contributed by atoms with E-state index in [2.05, 4.69) is 10.3 Å². The highest BCUT2D eigenvalue weighted by atomic mass is 16.5. The zero-order valence-corrected chi connectivity index (χ0v) is 14.7. The van der Waals surface area contributed by atoms with Crippen molar-refractivity contribution in [3.05, 3.63) is 48.3 Å². The van der Waals surface area contributed by atoms with Crippen LogP contribution in [-0.4, -0.2) is 35.0 Å². The van der Waals surface area contributed by atoms with Crippen LogP contribution in [0.15, 0.2) is 42.7 Å². The molecule has 5 nitrogen and oxygen atoms in total. The van der Waals surface area contributed by atoms with Crippen LogP contribution in [0.2, 0.25) is 0 Å². The SMILES string of the molecule is CCN(CC)C(=O)c1cncc(Nc2ccc(OC(C)C)cc2)c1. The van der Waals surface area contributed by atoms with Crippen molar-refractivity contribution in [2.75, 3.05) is 18.4 Å². The Morgan fingerprint density at radius 2 is 1.79 bits per heavy atom. The number of anilines is 2. The molecule has 0 atom stereocenters. The quantitative estimate of drug-likeness (QED) is 0.832. The normalized spacial score (nSPS) is 10.5. The van der Waals surface area contributed by atoms with E-state index in [1.807, 2.05) is 58.0 Å². The Morgan fingerprint density at radius 3 is 2.38 bits per heavy atom. The van der Waals surface area contributed by atoms with Crippen LogP contribution in [0.25, 0.3) is 0 Å².